The number of carbonyl (C=O) groups is 1. The van der Waals surface area contributed by atoms with Gasteiger partial charge in [0, 0.05) is 0 Å². The van der Waals surface area contributed by atoms with Crippen LogP contribution in [0.5, 0.6) is 0 Å². The molecule has 0 aromatic heterocycles. The predicted octanol–water partition coefficient (Wildman–Crippen LogP) is -4.64. The fourth-order valence-electron chi connectivity index (χ4n) is 1.77. The molecule has 0 aromatic carbocycles. The molecule has 0 saturated carbocycles. The van der Waals surface area contributed by atoms with Crippen molar-refractivity contribution < 1.29 is 87.1 Å². The first-order chi connectivity index (χ1) is 9.29. The topological polar surface area (TPSA) is 118 Å². The second kappa shape index (κ2) is 22.2. The summed E-state index contributed by atoms with van der Waals surface area (Å²) in [6, 6.07) is 0. The molecule has 6 nitrogen and oxygen atoms in total. The van der Waals surface area contributed by atoms with Crippen LogP contribution in [0.25, 0.3) is 0 Å². The number of carboxylic acid groups (broad SMARTS) is 2. The maximum Gasteiger partial charge on any atom is 1.00 e. The Morgan fingerprint density at radius 1 is 0.818 bits per heavy atom. The molecule has 22 heavy (non-hydrogen) atoms. The molecule has 0 unspecified atom stereocenters. The van der Waals surface area contributed by atoms with E-state index in [4.69, 9.17) is 19.6 Å². The molecule has 0 radical (unpaired) electrons. The molecule has 0 atom stereocenters. The average Bonchev–Trinajstić information content (AvgIpc) is 2.29. The molecule has 0 spiro atoms. The zero-order chi connectivity index (χ0) is 15.9. The van der Waals surface area contributed by atoms with Gasteiger partial charge < -0.3 is 15.0 Å². The molecular formula is C13H26Na2O6S. The number of carbonyl (C=O) groups excluding carboxylic acids is 1. The van der Waals surface area contributed by atoms with Crippen molar-refractivity contribution >= 4 is 16.3 Å². The van der Waals surface area contributed by atoms with Crippen LogP contribution in [-0.4, -0.2) is 24.9 Å². The molecule has 122 valence electrons. The Morgan fingerprint density at radius 2 is 1.09 bits per heavy atom. The monoisotopic (exact) mass is 356 g/mol. The van der Waals surface area contributed by atoms with Crippen molar-refractivity contribution in [2.24, 2.45) is 0 Å². The zero-order valence-electron chi connectivity index (χ0n) is 14.2. The van der Waals surface area contributed by atoms with Gasteiger partial charge in [-0.2, -0.15) is 8.42 Å². The zero-order valence-corrected chi connectivity index (χ0v) is 19.0. The molecule has 0 saturated heterocycles. The Kier molecular flexibility index (Phi) is 31.3. The van der Waals surface area contributed by atoms with Gasteiger partial charge in [0.05, 0.1) is 5.75 Å². The van der Waals surface area contributed by atoms with Gasteiger partial charge in [-0.15, -0.1) is 0 Å². The molecule has 0 aliphatic carbocycles. The second-order valence-corrected chi connectivity index (χ2v) is 6.29. The maximum atomic E-state index is 10.4. The SMILES string of the molecule is CCCCCCCCCCCCS(=O)(=O)O.O=C([O-])[O-].[Na+].[Na+]. The largest absolute Gasteiger partial charge is 1.00 e. The van der Waals surface area contributed by atoms with E-state index in [2.05, 4.69) is 6.92 Å². The van der Waals surface area contributed by atoms with Crippen molar-refractivity contribution in [2.75, 3.05) is 5.75 Å². The fourth-order valence-corrected chi connectivity index (χ4v) is 2.34. The van der Waals surface area contributed by atoms with Crippen LogP contribution >= 0.6 is 0 Å². The van der Waals surface area contributed by atoms with Crippen LogP contribution in [0.1, 0.15) is 71.1 Å². The minimum Gasteiger partial charge on any atom is -0.652 e. The third kappa shape index (κ3) is 42.9. The molecule has 0 aromatic rings. The Bertz CT molecular complexity index is 318. The Labute approximate surface area is 178 Å². The Morgan fingerprint density at radius 3 is 1.36 bits per heavy atom. The maximum absolute atomic E-state index is 10.4. The molecule has 9 heteroatoms. The summed E-state index contributed by atoms with van der Waals surface area (Å²) in [4.78, 5) is 8.33. The van der Waals surface area contributed by atoms with E-state index in [-0.39, 0.29) is 64.9 Å². The van der Waals surface area contributed by atoms with Gasteiger partial charge in [0.1, 0.15) is 0 Å². The standard InChI is InChI=1S/C12H26O3S.CH2O3.2Na/c1-2-3-4-5-6-7-8-9-10-11-12-16(13,14)15;2-1(3)4;;/h2-12H2,1H3,(H,13,14,15);(H2,2,3,4);;/q;;2*+1/p-2. The van der Waals surface area contributed by atoms with Crippen molar-refractivity contribution in [3.63, 3.8) is 0 Å². The fraction of sp³-hybridized carbons (Fsp3) is 0.923. The summed E-state index contributed by atoms with van der Waals surface area (Å²) >= 11 is 0. The van der Waals surface area contributed by atoms with E-state index in [0.29, 0.717) is 6.42 Å². The van der Waals surface area contributed by atoms with Gasteiger partial charge >= 0.3 is 59.1 Å². The van der Waals surface area contributed by atoms with Crippen LogP contribution in [0.4, 0.5) is 4.79 Å². The van der Waals surface area contributed by atoms with Crippen LogP contribution in [0.3, 0.4) is 0 Å². The number of hydrogen-bond donors (Lipinski definition) is 1. The van der Waals surface area contributed by atoms with Gasteiger partial charge in [-0.25, -0.2) is 0 Å². The molecular weight excluding hydrogens is 330 g/mol. The van der Waals surface area contributed by atoms with E-state index in [9.17, 15) is 8.42 Å². The van der Waals surface area contributed by atoms with E-state index in [1.807, 2.05) is 0 Å². The Hall–Kier alpha value is 1.18. The van der Waals surface area contributed by atoms with Crippen LogP contribution in [0.2, 0.25) is 0 Å². The van der Waals surface area contributed by atoms with E-state index in [1.165, 1.54) is 44.9 Å². The summed E-state index contributed by atoms with van der Waals surface area (Å²) in [5, 5.41) is 16.7. The number of unbranched alkanes of at least 4 members (excludes halogenated alkanes) is 9. The number of rotatable bonds is 11. The molecule has 0 fully saturated rings. The summed E-state index contributed by atoms with van der Waals surface area (Å²) in [5.74, 6) is -0.0799. The summed E-state index contributed by atoms with van der Waals surface area (Å²) in [6.07, 6.45) is 9.32. The van der Waals surface area contributed by atoms with Crippen LogP contribution in [0, 0.1) is 0 Å². The average molecular weight is 356 g/mol. The van der Waals surface area contributed by atoms with Crippen molar-refractivity contribution in [3.8, 4) is 0 Å². The van der Waals surface area contributed by atoms with Crippen LogP contribution in [-0.2, 0) is 10.1 Å². The molecule has 0 bridgehead atoms. The number of hydrogen-bond acceptors (Lipinski definition) is 5. The molecule has 0 aliphatic rings. The molecule has 0 amide bonds. The van der Waals surface area contributed by atoms with Crippen molar-refractivity contribution in [3.05, 3.63) is 0 Å². The quantitative estimate of drug-likeness (QED) is 0.226. The molecule has 0 rings (SSSR count). The molecule has 1 N–H and O–H groups in total. The van der Waals surface area contributed by atoms with E-state index >= 15 is 0 Å². The molecule has 0 heterocycles. The van der Waals surface area contributed by atoms with Crippen LogP contribution < -0.4 is 69.3 Å². The normalized spacial score (nSPS) is 9.73. The van der Waals surface area contributed by atoms with E-state index < -0.39 is 16.3 Å². The minimum absolute atomic E-state index is 0. The van der Waals surface area contributed by atoms with Gasteiger partial charge in [-0.1, -0.05) is 64.7 Å². The minimum atomic E-state index is -3.73. The van der Waals surface area contributed by atoms with Crippen molar-refractivity contribution in [2.45, 2.75) is 71.1 Å². The summed E-state index contributed by atoms with van der Waals surface area (Å²) in [6.45, 7) is 2.22. The third-order valence-corrected chi connectivity index (χ3v) is 3.56. The van der Waals surface area contributed by atoms with Crippen molar-refractivity contribution in [1.29, 1.82) is 0 Å². The van der Waals surface area contributed by atoms with E-state index in [0.717, 1.165) is 12.8 Å². The molecule has 0 aliphatic heterocycles. The smallest absolute Gasteiger partial charge is 0.652 e. The first-order valence-corrected chi connectivity index (χ1v) is 8.73. The van der Waals surface area contributed by atoms with Gasteiger partial charge in [0.2, 0.25) is 0 Å². The van der Waals surface area contributed by atoms with Gasteiger partial charge in [-0.05, 0) is 12.6 Å². The summed E-state index contributed by atoms with van der Waals surface area (Å²) in [7, 11) is -3.73. The summed E-state index contributed by atoms with van der Waals surface area (Å²) < 4.78 is 29.4. The van der Waals surface area contributed by atoms with Gasteiger partial charge in [-0.3, -0.25) is 4.55 Å². The van der Waals surface area contributed by atoms with Crippen LogP contribution in [0.15, 0.2) is 0 Å². The van der Waals surface area contributed by atoms with E-state index in [1.54, 1.807) is 0 Å². The predicted molar refractivity (Wildman–Crippen MR) is 73.7 cm³/mol. The third-order valence-electron chi connectivity index (χ3n) is 2.76. The van der Waals surface area contributed by atoms with Gasteiger partial charge in [0.25, 0.3) is 10.1 Å². The van der Waals surface area contributed by atoms with Crippen molar-refractivity contribution in [1.82, 2.24) is 0 Å². The Balaban J connectivity index is -0.000000240. The first kappa shape index (κ1) is 31.0. The van der Waals surface area contributed by atoms with Gasteiger partial charge in [0.15, 0.2) is 0 Å². The first-order valence-electron chi connectivity index (χ1n) is 7.12. The summed E-state index contributed by atoms with van der Waals surface area (Å²) in [5.41, 5.74) is 0. The second-order valence-electron chi connectivity index (χ2n) is 4.72.